The Kier molecular flexibility index (Phi) is 5.41. The summed E-state index contributed by atoms with van der Waals surface area (Å²) < 4.78 is 14.5. The lowest BCUT2D eigenvalue weighted by molar-refractivity contribution is -0.139. The fourth-order valence-corrected chi connectivity index (χ4v) is 2.37. The summed E-state index contributed by atoms with van der Waals surface area (Å²) in [6.07, 6.45) is -0.249. The molecule has 2 rings (SSSR count). The second kappa shape index (κ2) is 7.49. The Balaban J connectivity index is 2.48. The van der Waals surface area contributed by atoms with Crippen LogP contribution < -0.4 is 15.4 Å². The maximum atomic E-state index is 12.2. The predicted molar refractivity (Wildman–Crippen MR) is 83.1 cm³/mol. The van der Waals surface area contributed by atoms with Crippen LogP contribution in [0.2, 0.25) is 0 Å². The van der Waals surface area contributed by atoms with E-state index in [0.717, 1.165) is 0 Å². The molecule has 128 valence electrons. The molecule has 0 unspecified atom stereocenters. The Morgan fingerprint density at radius 1 is 1.08 bits per heavy atom. The molecule has 24 heavy (non-hydrogen) atoms. The molecule has 1 atom stereocenters. The standard InChI is InChI=1S/C16H18N2O6/c1-22-10-6-4-9(5-7-10)14-13(15(20)24-3)11(8-12(19)23-2)17-16(21)18-14/h4-7,14H,8H2,1-3H3,(H2,17,18,21)/t14-/m0/s1. The lowest BCUT2D eigenvalue weighted by Gasteiger charge is -2.28. The smallest absolute Gasteiger partial charge is 0.337 e. The molecule has 1 aliphatic heterocycles. The highest BCUT2D eigenvalue weighted by Crippen LogP contribution is 2.29. The normalized spacial score (nSPS) is 16.8. The van der Waals surface area contributed by atoms with Crippen molar-refractivity contribution in [2.24, 2.45) is 0 Å². The van der Waals surface area contributed by atoms with Crippen LogP contribution in [0.3, 0.4) is 0 Å². The lowest BCUT2D eigenvalue weighted by atomic mass is 9.94. The number of benzene rings is 1. The molecule has 0 saturated carbocycles. The quantitative estimate of drug-likeness (QED) is 0.780. The van der Waals surface area contributed by atoms with E-state index in [4.69, 9.17) is 9.47 Å². The number of carbonyl (C=O) groups excluding carboxylic acids is 3. The van der Waals surface area contributed by atoms with Gasteiger partial charge in [0.05, 0.1) is 39.4 Å². The topological polar surface area (TPSA) is 103 Å². The van der Waals surface area contributed by atoms with Crippen LogP contribution in [-0.2, 0) is 19.1 Å². The van der Waals surface area contributed by atoms with Crippen molar-refractivity contribution in [3.8, 4) is 5.75 Å². The Labute approximate surface area is 138 Å². The first-order valence-corrected chi connectivity index (χ1v) is 7.09. The molecule has 1 aromatic carbocycles. The molecular weight excluding hydrogens is 316 g/mol. The minimum Gasteiger partial charge on any atom is -0.497 e. The third-order valence-electron chi connectivity index (χ3n) is 3.56. The van der Waals surface area contributed by atoms with Gasteiger partial charge >= 0.3 is 18.0 Å². The summed E-state index contributed by atoms with van der Waals surface area (Å²) in [7, 11) is 3.99. The maximum Gasteiger partial charge on any atom is 0.337 e. The monoisotopic (exact) mass is 334 g/mol. The molecule has 0 aliphatic carbocycles. The molecule has 2 amide bonds. The van der Waals surface area contributed by atoms with Crippen molar-refractivity contribution in [3.05, 3.63) is 41.1 Å². The van der Waals surface area contributed by atoms with Gasteiger partial charge < -0.3 is 24.8 Å². The second-order valence-electron chi connectivity index (χ2n) is 4.94. The molecule has 0 bridgehead atoms. The van der Waals surface area contributed by atoms with Gasteiger partial charge in [0.1, 0.15) is 5.75 Å². The number of amides is 2. The number of urea groups is 1. The molecule has 1 aliphatic rings. The van der Waals surface area contributed by atoms with Gasteiger partial charge in [-0.3, -0.25) is 4.79 Å². The van der Waals surface area contributed by atoms with Crippen LogP contribution in [0.15, 0.2) is 35.5 Å². The van der Waals surface area contributed by atoms with E-state index in [-0.39, 0.29) is 17.7 Å². The van der Waals surface area contributed by atoms with Crippen molar-refractivity contribution >= 4 is 18.0 Å². The highest BCUT2D eigenvalue weighted by molar-refractivity contribution is 5.96. The average Bonchev–Trinajstić information content (AvgIpc) is 2.60. The lowest BCUT2D eigenvalue weighted by Crippen LogP contribution is -2.46. The highest BCUT2D eigenvalue weighted by atomic mass is 16.5. The van der Waals surface area contributed by atoms with E-state index in [1.165, 1.54) is 21.3 Å². The number of methoxy groups -OCH3 is 3. The van der Waals surface area contributed by atoms with E-state index in [1.54, 1.807) is 24.3 Å². The van der Waals surface area contributed by atoms with Crippen molar-refractivity contribution < 1.29 is 28.6 Å². The van der Waals surface area contributed by atoms with Crippen molar-refractivity contribution in [1.29, 1.82) is 0 Å². The first-order valence-electron chi connectivity index (χ1n) is 7.09. The summed E-state index contributed by atoms with van der Waals surface area (Å²) in [6.45, 7) is 0. The van der Waals surface area contributed by atoms with Gasteiger partial charge in [0, 0.05) is 5.70 Å². The summed E-state index contributed by atoms with van der Waals surface area (Å²) in [6, 6.07) is 5.57. The van der Waals surface area contributed by atoms with Crippen molar-refractivity contribution in [2.45, 2.75) is 12.5 Å². The van der Waals surface area contributed by atoms with Gasteiger partial charge in [0.2, 0.25) is 0 Å². The zero-order valence-corrected chi connectivity index (χ0v) is 13.5. The third-order valence-corrected chi connectivity index (χ3v) is 3.56. The van der Waals surface area contributed by atoms with Crippen molar-refractivity contribution in [1.82, 2.24) is 10.6 Å². The fourth-order valence-electron chi connectivity index (χ4n) is 2.37. The first kappa shape index (κ1) is 17.3. The average molecular weight is 334 g/mol. The van der Waals surface area contributed by atoms with Crippen LogP contribution in [0.5, 0.6) is 5.75 Å². The van der Waals surface area contributed by atoms with Gasteiger partial charge in [-0.1, -0.05) is 12.1 Å². The van der Waals surface area contributed by atoms with Crippen LogP contribution >= 0.6 is 0 Å². The summed E-state index contributed by atoms with van der Waals surface area (Å²) in [5.41, 5.74) is 0.944. The highest BCUT2D eigenvalue weighted by Gasteiger charge is 2.34. The molecule has 0 radical (unpaired) electrons. The molecule has 0 saturated heterocycles. The van der Waals surface area contributed by atoms with Crippen molar-refractivity contribution in [2.75, 3.05) is 21.3 Å². The number of rotatable bonds is 5. The SMILES string of the molecule is COC(=O)CC1=C(C(=O)OC)[C@H](c2ccc(OC)cc2)NC(=O)N1. The molecule has 0 fully saturated rings. The third kappa shape index (κ3) is 3.65. The summed E-state index contributed by atoms with van der Waals surface area (Å²) in [4.78, 5) is 35.7. The van der Waals surface area contributed by atoms with Gasteiger partial charge in [-0.05, 0) is 17.7 Å². The molecule has 1 aromatic rings. The number of ether oxygens (including phenoxy) is 3. The van der Waals surface area contributed by atoms with Gasteiger partial charge in [-0.15, -0.1) is 0 Å². The van der Waals surface area contributed by atoms with E-state index < -0.39 is 24.0 Å². The van der Waals surface area contributed by atoms with E-state index in [0.29, 0.717) is 11.3 Å². The van der Waals surface area contributed by atoms with Gasteiger partial charge in [0.25, 0.3) is 0 Å². The van der Waals surface area contributed by atoms with Gasteiger partial charge in [-0.2, -0.15) is 0 Å². The molecule has 8 heteroatoms. The number of hydrogen-bond acceptors (Lipinski definition) is 6. The Morgan fingerprint density at radius 2 is 1.75 bits per heavy atom. The van der Waals surface area contributed by atoms with Crippen LogP contribution in [0.4, 0.5) is 4.79 Å². The van der Waals surface area contributed by atoms with E-state index in [2.05, 4.69) is 15.4 Å². The molecule has 0 aromatic heterocycles. The summed E-state index contributed by atoms with van der Waals surface area (Å²) >= 11 is 0. The van der Waals surface area contributed by atoms with Gasteiger partial charge in [-0.25, -0.2) is 9.59 Å². The molecular formula is C16H18N2O6. The first-order chi connectivity index (χ1) is 11.5. The zero-order valence-electron chi connectivity index (χ0n) is 13.5. The van der Waals surface area contributed by atoms with Gasteiger partial charge in [0.15, 0.2) is 0 Å². The zero-order chi connectivity index (χ0) is 17.7. The second-order valence-corrected chi connectivity index (χ2v) is 4.94. The van der Waals surface area contributed by atoms with Crippen molar-refractivity contribution in [3.63, 3.8) is 0 Å². The fraction of sp³-hybridized carbons (Fsp3) is 0.312. The molecule has 0 spiro atoms. The number of nitrogens with one attached hydrogen (secondary N) is 2. The van der Waals surface area contributed by atoms with E-state index in [1.807, 2.05) is 0 Å². The summed E-state index contributed by atoms with van der Waals surface area (Å²) in [5, 5.41) is 5.13. The van der Waals surface area contributed by atoms with Crippen LogP contribution in [0.25, 0.3) is 0 Å². The number of carbonyl (C=O) groups is 3. The van der Waals surface area contributed by atoms with Crippen LogP contribution in [0.1, 0.15) is 18.0 Å². The Hall–Kier alpha value is -3.03. The molecule has 2 N–H and O–H groups in total. The minimum atomic E-state index is -0.753. The Bertz CT molecular complexity index is 680. The summed E-state index contributed by atoms with van der Waals surface area (Å²) in [5.74, 6) is -0.596. The number of esters is 2. The number of hydrogen-bond donors (Lipinski definition) is 2. The van der Waals surface area contributed by atoms with Crippen LogP contribution in [-0.4, -0.2) is 39.3 Å². The maximum absolute atomic E-state index is 12.2. The van der Waals surface area contributed by atoms with E-state index >= 15 is 0 Å². The largest absolute Gasteiger partial charge is 0.497 e. The Morgan fingerprint density at radius 3 is 2.29 bits per heavy atom. The van der Waals surface area contributed by atoms with Crippen LogP contribution in [0, 0.1) is 0 Å². The predicted octanol–water partition coefficient (Wildman–Crippen LogP) is 1.04. The molecule has 8 nitrogen and oxygen atoms in total. The molecule has 1 heterocycles. The van der Waals surface area contributed by atoms with E-state index in [9.17, 15) is 14.4 Å². The minimum absolute atomic E-state index is 0.146.